The van der Waals surface area contributed by atoms with Crippen LogP contribution in [0.15, 0.2) is 0 Å². The third-order valence-corrected chi connectivity index (χ3v) is 2.72. The van der Waals surface area contributed by atoms with Crippen LogP contribution in [0.1, 0.15) is 12.8 Å². The normalized spacial score (nSPS) is 48.0. The van der Waals surface area contributed by atoms with E-state index in [9.17, 15) is 5.11 Å². The summed E-state index contributed by atoms with van der Waals surface area (Å²) in [4.78, 5) is 2.30. The highest BCUT2D eigenvalue weighted by Crippen LogP contribution is 2.26. The summed E-state index contributed by atoms with van der Waals surface area (Å²) < 4.78 is 0. The molecule has 1 unspecified atom stereocenters. The average molecular weight is 142 g/mol. The fourth-order valence-electron chi connectivity index (χ4n) is 2.16. The maximum Gasteiger partial charge on any atom is 0.0722 e. The number of nitrogens with zero attached hydrogens (tertiary/aromatic N) is 1. The number of hydrogen-bond donors (Lipinski definition) is 2. The fraction of sp³-hybridized carbons (Fsp3) is 1.00. The van der Waals surface area contributed by atoms with Gasteiger partial charge >= 0.3 is 0 Å². The molecule has 10 heavy (non-hydrogen) atoms. The molecule has 0 aromatic heterocycles. The van der Waals surface area contributed by atoms with Crippen LogP contribution in [0.5, 0.6) is 0 Å². The molecule has 0 aromatic rings. The molecule has 0 aromatic carbocycles. The summed E-state index contributed by atoms with van der Waals surface area (Å²) in [6.07, 6.45) is 1.82. The van der Waals surface area contributed by atoms with Crippen LogP contribution < -0.4 is 5.73 Å². The molecule has 58 valence electrons. The quantitative estimate of drug-likeness (QED) is 0.463. The minimum atomic E-state index is -0.155. The zero-order valence-corrected chi connectivity index (χ0v) is 6.03. The van der Waals surface area contributed by atoms with Gasteiger partial charge in [0, 0.05) is 19.1 Å². The summed E-state index contributed by atoms with van der Waals surface area (Å²) in [6.45, 7) is 2.13. The first-order valence-electron chi connectivity index (χ1n) is 3.97. The van der Waals surface area contributed by atoms with Gasteiger partial charge < -0.3 is 10.8 Å². The Hall–Kier alpha value is -0.120. The Morgan fingerprint density at radius 1 is 1.30 bits per heavy atom. The van der Waals surface area contributed by atoms with Crippen molar-refractivity contribution in [3.63, 3.8) is 0 Å². The molecule has 3 N–H and O–H groups in total. The topological polar surface area (TPSA) is 49.5 Å². The number of rotatable bonds is 0. The molecule has 3 nitrogen and oxygen atoms in total. The number of hydrogen-bond acceptors (Lipinski definition) is 3. The molecule has 0 radical (unpaired) electrons. The summed E-state index contributed by atoms with van der Waals surface area (Å²) in [6, 6.07) is 0.498. The summed E-state index contributed by atoms with van der Waals surface area (Å²) in [5.41, 5.74) is 5.81. The molecule has 3 atom stereocenters. The maximum absolute atomic E-state index is 9.45. The first-order chi connectivity index (χ1) is 4.79. The van der Waals surface area contributed by atoms with Gasteiger partial charge in [-0.05, 0) is 12.8 Å². The van der Waals surface area contributed by atoms with Crippen LogP contribution in [0.2, 0.25) is 0 Å². The Morgan fingerprint density at radius 3 is 2.70 bits per heavy atom. The van der Waals surface area contributed by atoms with Gasteiger partial charge in [0.05, 0.1) is 12.1 Å². The second-order valence-corrected chi connectivity index (χ2v) is 3.34. The van der Waals surface area contributed by atoms with Gasteiger partial charge in [0.25, 0.3) is 0 Å². The summed E-state index contributed by atoms with van der Waals surface area (Å²) >= 11 is 0. The van der Waals surface area contributed by atoms with E-state index < -0.39 is 0 Å². The first-order valence-corrected chi connectivity index (χ1v) is 3.97. The lowest BCUT2D eigenvalue weighted by atomic mass is 10.1. The zero-order chi connectivity index (χ0) is 7.14. The minimum Gasteiger partial charge on any atom is -0.391 e. The molecule has 2 rings (SSSR count). The number of nitrogens with two attached hydrogens (primary N) is 1. The Balaban J connectivity index is 2.11. The van der Waals surface area contributed by atoms with Crippen LogP contribution in [-0.2, 0) is 0 Å². The van der Waals surface area contributed by atoms with E-state index >= 15 is 0 Å². The van der Waals surface area contributed by atoms with E-state index in [4.69, 9.17) is 5.73 Å². The summed E-state index contributed by atoms with van der Waals surface area (Å²) in [5.74, 6) is 0. The Morgan fingerprint density at radius 2 is 2.00 bits per heavy atom. The molecule has 0 saturated carbocycles. The SMILES string of the molecule is N[C@H]1CCN2CC[C@H](O)C12. The zero-order valence-electron chi connectivity index (χ0n) is 6.03. The van der Waals surface area contributed by atoms with E-state index in [-0.39, 0.29) is 18.2 Å². The van der Waals surface area contributed by atoms with Crippen molar-refractivity contribution in [2.45, 2.75) is 31.0 Å². The van der Waals surface area contributed by atoms with Crippen molar-refractivity contribution in [1.29, 1.82) is 0 Å². The fourth-order valence-corrected chi connectivity index (χ4v) is 2.16. The molecule has 0 amide bonds. The van der Waals surface area contributed by atoms with Crippen molar-refractivity contribution in [3.05, 3.63) is 0 Å². The number of aliphatic hydroxyl groups excluding tert-OH is 1. The summed E-state index contributed by atoms with van der Waals surface area (Å²) in [7, 11) is 0. The summed E-state index contributed by atoms with van der Waals surface area (Å²) in [5, 5.41) is 9.45. The highest BCUT2D eigenvalue weighted by atomic mass is 16.3. The highest BCUT2D eigenvalue weighted by molar-refractivity contribution is 4.98. The van der Waals surface area contributed by atoms with Crippen LogP contribution in [0, 0.1) is 0 Å². The second kappa shape index (κ2) is 2.19. The van der Waals surface area contributed by atoms with E-state index in [1.54, 1.807) is 0 Å². The van der Waals surface area contributed by atoms with Crippen LogP contribution >= 0.6 is 0 Å². The average Bonchev–Trinajstić information content (AvgIpc) is 2.40. The molecule has 2 saturated heterocycles. The largest absolute Gasteiger partial charge is 0.391 e. The van der Waals surface area contributed by atoms with Gasteiger partial charge in [0.2, 0.25) is 0 Å². The highest BCUT2D eigenvalue weighted by Gasteiger charge is 2.40. The third-order valence-electron chi connectivity index (χ3n) is 2.72. The first kappa shape index (κ1) is 6.58. The molecule has 2 aliphatic heterocycles. The van der Waals surface area contributed by atoms with E-state index in [2.05, 4.69) is 4.90 Å². The maximum atomic E-state index is 9.45. The molecule has 2 heterocycles. The molecule has 0 spiro atoms. The molecular formula is C7H14N2O. The molecule has 2 fully saturated rings. The predicted molar refractivity (Wildman–Crippen MR) is 38.6 cm³/mol. The number of fused-ring (bicyclic) bond motifs is 1. The van der Waals surface area contributed by atoms with E-state index in [0.29, 0.717) is 0 Å². The van der Waals surface area contributed by atoms with Crippen LogP contribution in [0.25, 0.3) is 0 Å². The Kier molecular flexibility index (Phi) is 1.44. The van der Waals surface area contributed by atoms with Crippen molar-refractivity contribution in [3.8, 4) is 0 Å². The van der Waals surface area contributed by atoms with Gasteiger partial charge in [0.1, 0.15) is 0 Å². The lowest BCUT2D eigenvalue weighted by molar-refractivity contribution is 0.129. The third kappa shape index (κ3) is 0.779. The van der Waals surface area contributed by atoms with E-state index in [1.807, 2.05) is 0 Å². The van der Waals surface area contributed by atoms with Crippen LogP contribution in [-0.4, -0.2) is 41.3 Å². The van der Waals surface area contributed by atoms with Gasteiger partial charge in [-0.15, -0.1) is 0 Å². The van der Waals surface area contributed by atoms with Gasteiger partial charge in [-0.25, -0.2) is 0 Å². The van der Waals surface area contributed by atoms with Crippen LogP contribution in [0.4, 0.5) is 0 Å². The smallest absolute Gasteiger partial charge is 0.0722 e. The predicted octanol–water partition coefficient (Wildman–Crippen LogP) is -0.847. The van der Waals surface area contributed by atoms with Crippen molar-refractivity contribution < 1.29 is 5.11 Å². The minimum absolute atomic E-state index is 0.155. The lowest BCUT2D eigenvalue weighted by Crippen LogP contribution is -2.41. The van der Waals surface area contributed by atoms with Gasteiger partial charge in [-0.3, -0.25) is 4.90 Å². The molecule has 0 aliphatic carbocycles. The van der Waals surface area contributed by atoms with Crippen molar-refractivity contribution >= 4 is 0 Å². The van der Waals surface area contributed by atoms with Crippen molar-refractivity contribution in [2.75, 3.05) is 13.1 Å². The second-order valence-electron chi connectivity index (χ2n) is 3.34. The molecule has 0 bridgehead atoms. The number of aliphatic hydroxyl groups is 1. The van der Waals surface area contributed by atoms with Gasteiger partial charge in [-0.2, -0.15) is 0 Å². The monoisotopic (exact) mass is 142 g/mol. The standard InChI is InChI=1S/C7H14N2O/c8-5-1-3-9-4-2-6(10)7(5)9/h5-7,10H,1-4,8H2/t5-,6-,7?/m0/s1. The molecule has 2 aliphatic rings. The lowest BCUT2D eigenvalue weighted by Gasteiger charge is -2.19. The molecular weight excluding hydrogens is 128 g/mol. The van der Waals surface area contributed by atoms with Crippen LogP contribution in [0.3, 0.4) is 0 Å². The van der Waals surface area contributed by atoms with Gasteiger partial charge in [0.15, 0.2) is 0 Å². The van der Waals surface area contributed by atoms with Crippen molar-refractivity contribution in [2.24, 2.45) is 5.73 Å². The van der Waals surface area contributed by atoms with E-state index in [0.717, 1.165) is 25.9 Å². The Labute approximate surface area is 60.8 Å². The van der Waals surface area contributed by atoms with Crippen molar-refractivity contribution in [1.82, 2.24) is 4.90 Å². The van der Waals surface area contributed by atoms with E-state index in [1.165, 1.54) is 0 Å². The Bertz CT molecular complexity index is 126. The molecule has 3 heteroatoms. The van der Waals surface area contributed by atoms with Gasteiger partial charge in [-0.1, -0.05) is 0 Å².